The van der Waals surface area contributed by atoms with Crippen molar-refractivity contribution in [2.45, 2.75) is 26.1 Å². The van der Waals surface area contributed by atoms with Crippen LogP contribution < -0.4 is 10.2 Å². The minimum absolute atomic E-state index is 0.0218. The summed E-state index contributed by atoms with van der Waals surface area (Å²) in [5.41, 5.74) is 7.22. The molecule has 0 radical (unpaired) electrons. The molecule has 0 aliphatic carbocycles. The Kier molecular flexibility index (Phi) is 7.34. The summed E-state index contributed by atoms with van der Waals surface area (Å²) in [4.78, 5) is 43.9. The number of fused-ring (bicyclic) bond motifs is 2. The Balaban J connectivity index is 1.24. The molecule has 1 aliphatic rings. The van der Waals surface area contributed by atoms with Crippen LogP contribution in [0.4, 0.5) is 5.69 Å². The van der Waals surface area contributed by atoms with Gasteiger partial charge in [-0.15, -0.1) is 0 Å². The lowest BCUT2D eigenvalue weighted by Crippen LogP contribution is -2.30. The third-order valence-electron chi connectivity index (χ3n) is 7.43. The van der Waals surface area contributed by atoms with E-state index in [2.05, 4.69) is 10.3 Å². The smallest absolute Gasteiger partial charge is 0.307 e. The summed E-state index contributed by atoms with van der Waals surface area (Å²) in [6.07, 6.45) is 3.40. The minimum atomic E-state index is -0.867. The van der Waals surface area contributed by atoms with Gasteiger partial charge in [0.2, 0.25) is 0 Å². The molecule has 2 aromatic heterocycles. The van der Waals surface area contributed by atoms with E-state index in [1.807, 2.05) is 83.4 Å². The van der Waals surface area contributed by atoms with Gasteiger partial charge in [-0.3, -0.25) is 19.4 Å². The number of amides is 2. The Morgan fingerprint density at radius 3 is 2.24 bits per heavy atom. The zero-order valence-corrected chi connectivity index (χ0v) is 22.7. The molecule has 42 heavy (non-hydrogen) atoms. The zero-order valence-electron chi connectivity index (χ0n) is 22.7. The number of carboxylic acids is 1. The van der Waals surface area contributed by atoms with Crippen molar-refractivity contribution in [2.24, 2.45) is 0 Å². The molecule has 5 aromatic rings. The van der Waals surface area contributed by atoms with E-state index >= 15 is 0 Å². The molecule has 3 aromatic carbocycles. The van der Waals surface area contributed by atoms with Gasteiger partial charge in [-0.2, -0.15) is 0 Å². The fraction of sp³-hybridized carbons (Fsp3) is 0.118. The fourth-order valence-corrected chi connectivity index (χ4v) is 5.27. The summed E-state index contributed by atoms with van der Waals surface area (Å²) < 4.78 is 1.97. The van der Waals surface area contributed by atoms with Crippen LogP contribution in [0.5, 0.6) is 0 Å². The van der Waals surface area contributed by atoms with Gasteiger partial charge >= 0.3 is 5.97 Å². The van der Waals surface area contributed by atoms with E-state index in [9.17, 15) is 14.4 Å². The Morgan fingerprint density at radius 2 is 1.52 bits per heavy atom. The average Bonchev–Trinajstić information content (AvgIpc) is 3.33. The van der Waals surface area contributed by atoms with Crippen molar-refractivity contribution in [3.63, 3.8) is 0 Å². The van der Waals surface area contributed by atoms with E-state index < -0.39 is 5.97 Å². The van der Waals surface area contributed by atoms with Gasteiger partial charge in [0.15, 0.2) is 0 Å². The molecule has 208 valence electrons. The lowest BCUT2D eigenvalue weighted by atomic mass is 10.0. The van der Waals surface area contributed by atoms with Crippen molar-refractivity contribution in [3.8, 4) is 11.1 Å². The predicted octanol–water partition coefficient (Wildman–Crippen LogP) is 5.32. The number of anilines is 1. The molecule has 0 bridgehead atoms. The maximum absolute atomic E-state index is 13.9. The maximum Gasteiger partial charge on any atom is 0.307 e. The second-order valence-corrected chi connectivity index (χ2v) is 10.2. The quantitative estimate of drug-likeness (QED) is 0.283. The van der Waals surface area contributed by atoms with Gasteiger partial charge in [0.25, 0.3) is 11.8 Å². The molecule has 0 saturated carbocycles. The number of hydrogen-bond acceptors (Lipinski definition) is 4. The van der Waals surface area contributed by atoms with Crippen molar-refractivity contribution in [3.05, 3.63) is 143 Å². The largest absolute Gasteiger partial charge is 0.481 e. The minimum Gasteiger partial charge on any atom is -0.481 e. The van der Waals surface area contributed by atoms with Gasteiger partial charge < -0.3 is 19.9 Å². The molecule has 1 aliphatic heterocycles. The molecule has 0 spiro atoms. The Morgan fingerprint density at radius 1 is 0.786 bits per heavy atom. The lowest BCUT2D eigenvalue weighted by molar-refractivity contribution is -0.136. The van der Waals surface area contributed by atoms with Crippen molar-refractivity contribution >= 4 is 23.5 Å². The molecule has 2 amide bonds. The van der Waals surface area contributed by atoms with Crippen molar-refractivity contribution in [2.75, 3.05) is 4.90 Å². The number of pyridine rings is 1. The number of rotatable bonds is 7. The van der Waals surface area contributed by atoms with Crippen LogP contribution in [0.2, 0.25) is 0 Å². The number of carbonyl (C=O) groups is 3. The van der Waals surface area contributed by atoms with Crippen LogP contribution in [0.1, 0.15) is 43.2 Å². The number of nitrogens with zero attached hydrogens (tertiary/aromatic N) is 3. The highest BCUT2D eigenvalue weighted by Crippen LogP contribution is 2.31. The summed E-state index contributed by atoms with van der Waals surface area (Å²) in [5.74, 6) is -1.19. The van der Waals surface area contributed by atoms with Crippen LogP contribution >= 0.6 is 0 Å². The summed E-state index contributed by atoms with van der Waals surface area (Å²) in [5, 5.41) is 12.0. The van der Waals surface area contributed by atoms with Gasteiger partial charge in [0.05, 0.1) is 19.5 Å². The fourth-order valence-electron chi connectivity index (χ4n) is 5.27. The molecule has 8 nitrogen and oxygen atoms in total. The Labute approximate surface area is 242 Å². The first kappa shape index (κ1) is 26.7. The SMILES string of the molecule is O=C(O)Cc1ccc(-c2ccc(C(=O)N3Cc4ccc(C(=O)NCc5cccnc5)n4Cc4ccccc43)cc2)cc1. The number of para-hydroxylation sites is 1. The summed E-state index contributed by atoms with van der Waals surface area (Å²) in [6.45, 7) is 1.16. The van der Waals surface area contributed by atoms with Crippen molar-refractivity contribution in [1.82, 2.24) is 14.9 Å². The first-order valence-electron chi connectivity index (χ1n) is 13.6. The van der Waals surface area contributed by atoms with Crippen LogP contribution in [0.25, 0.3) is 11.1 Å². The molecule has 6 rings (SSSR count). The molecule has 0 unspecified atom stereocenters. The maximum atomic E-state index is 13.9. The molecule has 0 saturated heterocycles. The van der Waals surface area contributed by atoms with Crippen LogP contribution in [-0.2, 0) is 30.8 Å². The molecular weight excluding hydrogens is 528 g/mol. The Bertz CT molecular complexity index is 1760. The Hall–Kier alpha value is -5.50. The number of carboxylic acid groups (broad SMARTS) is 1. The lowest BCUT2D eigenvalue weighted by Gasteiger charge is -2.23. The van der Waals surface area contributed by atoms with E-state index in [1.165, 1.54) is 0 Å². The van der Waals surface area contributed by atoms with Crippen molar-refractivity contribution < 1.29 is 19.5 Å². The first-order chi connectivity index (χ1) is 20.5. The number of aliphatic carboxylic acids is 1. The normalized spacial score (nSPS) is 12.1. The molecule has 3 heterocycles. The zero-order chi connectivity index (χ0) is 29.1. The van der Waals surface area contributed by atoms with Gasteiger partial charge in [-0.25, -0.2) is 0 Å². The summed E-state index contributed by atoms with van der Waals surface area (Å²) in [6, 6.07) is 30.0. The third-order valence-corrected chi connectivity index (χ3v) is 7.43. The number of nitrogens with one attached hydrogen (secondary N) is 1. The molecule has 0 atom stereocenters. The van der Waals surface area contributed by atoms with Gasteiger partial charge in [-0.1, -0.05) is 60.7 Å². The van der Waals surface area contributed by atoms with Gasteiger partial charge in [-0.05, 0) is 64.2 Å². The van der Waals surface area contributed by atoms with Crippen LogP contribution in [0, 0.1) is 0 Å². The molecular formula is C34H28N4O4. The van der Waals surface area contributed by atoms with E-state index in [1.54, 1.807) is 35.5 Å². The van der Waals surface area contributed by atoms with Crippen molar-refractivity contribution in [1.29, 1.82) is 0 Å². The van der Waals surface area contributed by atoms with Crippen LogP contribution in [0.3, 0.4) is 0 Å². The second-order valence-electron chi connectivity index (χ2n) is 10.2. The third kappa shape index (κ3) is 5.55. The highest BCUT2D eigenvalue weighted by molar-refractivity contribution is 6.07. The van der Waals surface area contributed by atoms with E-state index in [-0.39, 0.29) is 18.2 Å². The number of aromatic nitrogens is 2. The topological polar surface area (TPSA) is 105 Å². The van der Waals surface area contributed by atoms with Gasteiger partial charge in [0, 0.05) is 35.9 Å². The van der Waals surface area contributed by atoms with E-state index in [0.29, 0.717) is 30.9 Å². The predicted molar refractivity (Wildman–Crippen MR) is 159 cm³/mol. The highest BCUT2D eigenvalue weighted by atomic mass is 16.4. The summed E-state index contributed by atoms with van der Waals surface area (Å²) >= 11 is 0. The second kappa shape index (κ2) is 11.5. The van der Waals surface area contributed by atoms with Crippen LogP contribution in [-0.4, -0.2) is 32.4 Å². The number of carbonyl (C=O) groups excluding carboxylic acids is 2. The molecule has 0 fully saturated rings. The number of hydrogen-bond donors (Lipinski definition) is 2. The highest BCUT2D eigenvalue weighted by Gasteiger charge is 2.27. The van der Waals surface area contributed by atoms with E-state index in [0.717, 1.165) is 39.2 Å². The average molecular weight is 557 g/mol. The first-order valence-corrected chi connectivity index (χ1v) is 13.6. The van der Waals surface area contributed by atoms with E-state index in [4.69, 9.17) is 5.11 Å². The summed E-state index contributed by atoms with van der Waals surface area (Å²) in [7, 11) is 0. The standard InChI is InChI=1S/C34H28N4O4/c39-32(40)18-23-7-9-25(10-8-23)26-11-13-27(14-12-26)34(42)38-22-29-15-16-31(33(41)36-20-24-4-3-17-35-19-24)37(29)21-28-5-1-2-6-30(28)38/h1-17,19H,18,20-22H2,(H,36,41)(H,39,40). The number of benzene rings is 3. The van der Waals surface area contributed by atoms with Gasteiger partial charge in [0.1, 0.15) is 5.69 Å². The van der Waals surface area contributed by atoms with Crippen LogP contribution in [0.15, 0.2) is 109 Å². The monoisotopic (exact) mass is 556 g/mol. The molecule has 8 heteroatoms. The molecule has 2 N–H and O–H groups in total.